The first-order valence-electron chi connectivity index (χ1n) is 11.3. The quantitative estimate of drug-likeness (QED) is 0.235. The number of nitrogens with zero attached hydrogens (tertiary/aromatic N) is 3. The fraction of sp³-hybridized carbons (Fsp3) is 0.200. The van der Waals surface area contributed by atoms with E-state index in [1.54, 1.807) is 42.0 Å². The number of urea groups is 1. The molecule has 1 aliphatic rings. The third-order valence-corrected chi connectivity index (χ3v) is 7.32. The Morgan fingerprint density at radius 1 is 1.19 bits per heavy atom. The van der Waals surface area contributed by atoms with E-state index in [0.29, 0.717) is 34.3 Å². The second-order valence-electron chi connectivity index (χ2n) is 8.24. The summed E-state index contributed by atoms with van der Waals surface area (Å²) in [5.74, 6) is 0.607. The number of amides is 3. The van der Waals surface area contributed by atoms with Gasteiger partial charge in [0.1, 0.15) is 30.3 Å². The lowest BCUT2D eigenvalue weighted by atomic mass is 10.1. The summed E-state index contributed by atoms with van der Waals surface area (Å²) in [6.45, 7) is 0.0674. The lowest BCUT2D eigenvalue weighted by molar-refractivity contribution is -0.129. The van der Waals surface area contributed by atoms with E-state index >= 15 is 0 Å². The first-order chi connectivity index (χ1) is 17.9. The van der Waals surface area contributed by atoms with Crippen molar-refractivity contribution in [2.75, 3.05) is 13.2 Å². The predicted molar refractivity (Wildman–Crippen MR) is 142 cm³/mol. The van der Waals surface area contributed by atoms with Crippen molar-refractivity contribution in [1.29, 1.82) is 0 Å². The monoisotopic (exact) mass is 601 g/mol. The lowest BCUT2D eigenvalue weighted by Crippen LogP contribution is -2.37. The normalized spacial score (nSPS) is 16.2. The summed E-state index contributed by atoms with van der Waals surface area (Å²) in [5.41, 5.74) is 4.47. The summed E-state index contributed by atoms with van der Waals surface area (Å²) < 4.78 is 6.24. The van der Waals surface area contributed by atoms with Gasteiger partial charge >= 0.3 is 6.03 Å². The molecule has 190 valence electrons. The predicted octanol–water partition coefficient (Wildman–Crippen LogP) is 4.90. The number of thiazole rings is 1. The van der Waals surface area contributed by atoms with Crippen molar-refractivity contribution >= 4 is 50.8 Å². The Bertz CT molecular complexity index is 1410. The number of hydrogen-bond donors (Lipinski definition) is 3. The maximum absolute atomic E-state index is 13.6. The number of aliphatic hydroxyl groups is 1. The van der Waals surface area contributed by atoms with Crippen molar-refractivity contribution in [2.24, 2.45) is 0 Å². The molecule has 1 aliphatic heterocycles. The summed E-state index contributed by atoms with van der Waals surface area (Å²) in [6, 6.07) is 10.3. The van der Waals surface area contributed by atoms with Crippen LogP contribution >= 0.6 is 38.9 Å². The van der Waals surface area contributed by atoms with E-state index in [2.05, 4.69) is 36.2 Å². The van der Waals surface area contributed by atoms with Crippen molar-refractivity contribution in [3.05, 3.63) is 86.1 Å². The van der Waals surface area contributed by atoms with Gasteiger partial charge in [-0.2, -0.15) is 0 Å². The Hall–Kier alpha value is -3.25. The molecule has 0 aliphatic carbocycles. The number of hydrogen-bond acceptors (Lipinski definition) is 7. The fourth-order valence-corrected chi connectivity index (χ4v) is 5.48. The highest BCUT2D eigenvalue weighted by atomic mass is 79.9. The molecule has 3 N–H and O–H groups in total. The molecule has 2 aromatic heterocycles. The van der Waals surface area contributed by atoms with Gasteiger partial charge < -0.3 is 20.1 Å². The third kappa shape index (κ3) is 5.40. The van der Waals surface area contributed by atoms with E-state index in [0.717, 1.165) is 15.7 Å². The number of imidazole rings is 1. The number of H-pyrrole nitrogens is 1. The Kier molecular flexibility index (Phi) is 7.56. The molecule has 5 rings (SSSR count). The van der Waals surface area contributed by atoms with Crippen LogP contribution in [0.25, 0.3) is 11.3 Å². The Morgan fingerprint density at radius 3 is 2.70 bits per heavy atom. The molecule has 0 bridgehead atoms. The molecule has 3 amide bonds. The van der Waals surface area contributed by atoms with Crippen LogP contribution in [0.4, 0.5) is 4.79 Å². The molecular formula is C25H21BrClN5O4S. The fourth-order valence-electron chi connectivity index (χ4n) is 4.13. The number of ether oxygens (including phenoxy) is 1. The maximum Gasteiger partial charge on any atom is 0.325 e. The van der Waals surface area contributed by atoms with Crippen LogP contribution < -0.4 is 10.1 Å². The minimum absolute atomic E-state index is 0.100. The zero-order chi connectivity index (χ0) is 25.9. The number of carbonyl (C=O) groups excluding carboxylic acids is 2. The van der Waals surface area contributed by atoms with Gasteiger partial charge in [-0.25, -0.2) is 14.8 Å². The van der Waals surface area contributed by atoms with Crippen LogP contribution in [-0.2, 0) is 11.2 Å². The third-order valence-electron chi connectivity index (χ3n) is 5.87. The van der Waals surface area contributed by atoms with Crippen LogP contribution in [0, 0.1) is 0 Å². The van der Waals surface area contributed by atoms with E-state index in [1.807, 2.05) is 17.5 Å². The number of imide groups is 1. The van der Waals surface area contributed by atoms with Crippen LogP contribution in [-0.4, -0.2) is 50.1 Å². The standard InChI is InChI=1S/C25H21BrClN5O4S/c26-15-3-6-18(19(27)9-15)20-11-28-23(30-20)21(10-16-12-37-13-29-16)32-24(34)22(31-25(32)35)14-1-4-17(5-2-14)36-8-7-33/h1-6,9,11-13,21-22,33H,7-8,10H2,(H,28,30)(H,31,35)/t21-,22+/m0/s1. The Labute approximate surface area is 229 Å². The van der Waals surface area contributed by atoms with Crippen LogP contribution in [0.2, 0.25) is 5.02 Å². The van der Waals surface area contributed by atoms with Gasteiger partial charge in [0.2, 0.25) is 0 Å². The largest absolute Gasteiger partial charge is 0.491 e. The van der Waals surface area contributed by atoms with Gasteiger partial charge in [-0.1, -0.05) is 45.7 Å². The highest BCUT2D eigenvalue weighted by molar-refractivity contribution is 9.10. The smallest absolute Gasteiger partial charge is 0.325 e. The molecule has 0 saturated carbocycles. The van der Waals surface area contributed by atoms with E-state index in [-0.39, 0.29) is 13.2 Å². The van der Waals surface area contributed by atoms with Crippen LogP contribution in [0.5, 0.6) is 5.75 Å². The molecule has 37 heavy (non-hydrogen) atoms. The molecule has 1 fully saturated rings. The summed E-state index contributed by atoms with van der Waals surface area (Å²) in [7, 11) is 0. The summed E-state index contributed by atoms with van der Waals surface area (Å²) >= 11 is 11.3. The SMILES string of the molecule is O=C1N[C@H](c2ccc(OCCO)cc2)C(=O)N1[C@@H](Cc1cscn1)c1ncc(-c2ccc(Br)cc2Cl)[nH]1. The number of benzene rings is 2. The average molecular weight is 603 g/mol. The van der Waals surface area contributed by atoms with E-state index in [9.17, 15) is 9.59 Å². The molecule has 0 unspecified atom stereocenters. The molecule has 2 atom stereocenters. The second kappa shape index (κ2) is 11.0. The highest BCUT2D eigenvalue weighted by Crippen LogP contribution is 2.34. The van der Waals surface area contributed by atoms with E-state index in [1.165, 1.54) is 16.2 Å². The Balaban J connectivity index is 1.45. The summed E-state index contributed by atoms with van der Waals surface area (Å²) in [6.07, 6.45) is 1.93. The van der Waals surface area contributed by atoms with E-state index in [4.69, 9.17) is 21.4 Å². The number of nitrogens with one attached hydrogen (secondary N) is 2. The molecule has 9 nitrogen and oxygen atoms in total. The number of rotatable bonds is 9. The van der Waals surface area contributed by atoms with E-state index < -0.39 is 24.0 Å². The van der Waals surface area contributed by atoms with Gasteiger partial charge in [0, 0.05) is 21.8 Å². The average Bonchev–Trinajstić information content (AvgIpc) is 3.63. The minimum Gasteiger partial charge on any atom is -0.491 e. The molecule has 0 spiro atoms. The molecule has 1 saturated heterocycles. The molecule has 0 radical (unpaired) electrons. The zero-order valence-electron chi connectivity index (χ0n) is 19.2. The number of aromatic amines is 1. The van der Waals surface area contributed by atoms with Gasteiger partial charge in [0.15, 0.2) is 0 Å². The highest BCUT2D eigenvalue weighted by Gasteiger charge is 2.44. The zero-order valence-corrected chi connectivity index (χ0v) is 22.4. The van der Waals surface area contributed by atoms with Crippen molar-refractivity contribution in [1.82, 2.24) is 25.2 Å². The Morgan fingerprint density at radius 2 is 2.00 bits per heavy atom. The number of halogens is 2. The first-order valence-corrected chi connectivity index (χ1v) is 13.4. The lowest BCUT2D eigenvalue weighted by Gasteiger charge is -2.23. The summed E-state index contributed by atoms with van der Waals surface area (Å²) in [4.78, 5) is 40.1. The van der Waals surface area contributed by atoms with Crippen molar-refractivity contribution in [3.63, 3.8) is 0 Å². The second-order valence-corrected chi connectivity index (χ2v) is 10.3. The van der Waals surface area contributed by atoms with Crippen molar-refractivity contribution in [3.8, 4) is 17.0 Å². The topological polar surface area (TPSA) is 120 Å². The molecule has 12 heteroatoms. The van der Waals surface area contributed by atoms with Crippen molar-refractivity contribution < 1.29 is 19.4 Å². The van der Waals surface area contributed by atoms with Crippen LogP contribution in [0.3, 0.4) is 0 Å². The number of aromatic nitrogens is 3. The molecule has 4 aromatic rings. The van der Waals surface area contributed by atoms with Gasteiger partial charge in [0.05, 0.1) is 34.7 Å². The molecule has 2 aromatic carbocycles. The van der Waals surface area contributed by atoms with Crippen LogP contribution in [0.15, 0.2) is 64.0 Å². The first kappa shape index (κ1) is 25.4. The molecular weight excluding hydrogens is 582 g/mol. The van der Waals surface area contributed by atoms with Crippen LogP contribution in [0.1, 0.15) is 29.2 Å². The molecule has 3 heterocycles. The number of carbonyl (C=O) groups is 2. The van der Waals surface area contributed by atoms with Crippen molar-refractivity contribution in [2.45, 2.75) is 18.5 Å². The van der Waals surface area contributed by atoms with Gasteiger partial charge in [-0.05, 0) is 29.8 Å². The minimum atomic E-state index is -0.854. The maximum atomic E-state index is 13.6. The van der Waals surface area contributed by atoms with Gasteiger partial charge in [-0.3, -0.25) is 9.69 Å². The van der Waals surface area contributed by atoms with Gasteiger partial charge in [0.25, 0.3) is 5.91 Å². The number of aliphatic hydroxyl groups excluding tert-OH is 1. The van der Waals surface area contributed by atoms with Gasteiger partial charge in [-0.15, -0.1) is 11.3 Å². The summed E-state index contributed by atoms with van der Waals surface area (Å²) in [5, 5.41) is 14.1.